The van der Waals surface area contributed by atoms with Gasteiger partial charge >= 0.3 is 0 Å². The number of alkyl halides is 2. The van der Waals surface area contributed by atoms with Gasteiger partial charge in [0.05, 0.1) is 12.2 Å². The van der Waals surface area contributed by atoms with Crippen LogP contribution in [0.25, 0.3) is 0 Å². The Kier molecular flexibility index (Phi) is 12.0. The van der Waals surface area contributed by atoms with Crippen LogP contribution in [0.1, 0.15) is 83.1 Å². The normalized spacial score (nSPS) is 22.4. The van der Waals surface area contributed by atoms with Crippen LogP contribution in [-0.4, -0.2) is 93.4 Å². The SMILES string of the molecule is CC(C)C(NC(=O)c1cnccn1)C(=O)N[C@H](C(=O)N1C[C@@H]2CCC[C@@H]2[C@H]1C(=O)NC(CCC(F)F)C(=O)C(=O)NC1CC1)C(C)C. The van der Waals surface area contributed by atoms with Gasteiger partial charge in [-0.1, -0.05) is 34.1 Å². The summed E-state index contributed by atoms with van der Waals surface area (Å²) < 4.78 is 26.3. The number of Topliss-reactive ketones (excluding diaryl/α,β-unsaturated/α-hetero) is 1. The standard InChI is InChI=1S/C32H45F2N7O6/c1-16(2)24(39-28(43)22-14-35-12-13-36-22)29(44)40-25(17(3)4)32(47)41-15-18-6-5-7-20(18)26(41)30(45)38-21(10-11-23(33)34)27(42)31(46)37-19-8-9-19/h12-14,16-21,23-26H,5-11,15H2,1-4H3,(H,37,46)(H,38,45)(H,39,43)(H,40,44)/t18-,20-,21?,24?,25-,26-/m0/s1. The molecule has 47 heavy (non-hydrogen) atoms. The fourth-order valence-corrected chi connectivity index (χ4v) is 6.43. The predicted octanol–water partition coefficient (Wildman–Crippen LogP) is 1.38. The third-order valence-corrected chi connectivity index (χ3v) is 9.15. The van der Waals surface area contributed by atoms with Gasteiger partial charge in [0.25, 0.3) is 11.8 Å². The largest absolute Gasteiger partial charge is 0.347 e. The van der Waals surface area contributed by atoms with Crippen molar-refractivity contribution in [2.75, 3.05) is 6.54 Å². The highest BCUT2D eigenvalue weighted by Gasteiger charge is 2.51. The van der Waals surface area contributed by atoms with Gasteiger partial charge in [0.1, 0.15) is 23.8 Å². The molecular weight excluding hydrogens is 616 g/mol. The van der Waals surface area contributed by atoms with Gasteiger partial charge in [-0.2, -0.15) is 0 Å². The van der Waals surface area contributed by atoms with Gasteiger partial charge in [-0.3, -0.25) is 33.8 Å². The van der Waals surface area contributed by atoms with Gasteiger partial charge in [0.15, 0.2) is 0 Å². The number of halogens is 2. The highest BCUT2D eigenvalue weighted by molar-refractivity contribution is 6.38. The summed E-state index contributed by atoms with van der Waals surface area (Å²) in [5.74, 6) is -5.33. The lowest BCUT2D eigenvalue weighted by Crippen LogP contribution is -2.60. The average molecular weight is 662 g/mol. The van der Waals surface area contributed by atoms with Crippen molar-refractivity contribution in [3.8, 4) is 0 Å². The number of hydrogen-bond acceptors (Lipinski definition) is 8. The number of ketones is 1. The van der Waals surface area contributed by atoms with Crippen LogP contribution >= 0.6 is 0 Å². The Balaban J connectivity index is 1.51. The first-order chi connectivity index (χ1) is 22.3. The van der Waals surface area contributed by atoms with Crippen molar-refractivity contribution in [1.82, 2.24) is 36.1 Å². The number of likely N-dealkylation sites (tertiary alicyclic amines) is 1. The Hall–Kier alpha value is -4.04. The summed E-state index contributed by atoms with van der Waals surface area (Å²) in [6.07, 6.45) is 3.86. The second-order valence-electron chi connectivity index (χ2n) is 13.4. The Morgan fingerprint density at radius 2 is 1.60 bits per heavy atom. The molecule has 3 aliphatic rings. The summed E-state index contributed by atoms with van der Waals surface area (Å²) >= 11 is 0. The van der Waals surface area contributed by atoms with E-state index in [0.717, 1.165) is 25.7 Å². The van der Waals surface area contributed by atoms with E-state index in [4.69, 9.17) is 0 Å². The molecule has 1 aromatic heterocycles. The van der Waals surface area contributed by atoms with E-state index in [9.17, 15) is 37.5 Å². The van der Waals surface area contributed by atoms with Gasteiger partial charge in [-0.15, -0.1) is 0 Å². The molecule has 0 spiro atoms. The van der Waals surface area contributed by atoms with Gasteiger partial charge in [0, 0.05) is 31.4 Å². The molecule has 4 N–H and O–H groups in total. The zero-order valence-electron chi connectivity index (χ0n) is 27.2. The quantitative estimate of drug-likeness (QED) is 0.204. The second kappa shape index (κ2) is 15.7. The minimum Gasteiger partial charge on any atom is -0.347 e. The zero-order valence-corrected chi connectivity index (χ0v) is 27.2. The van der Waals surface area contributed by atoms with E-state index in [1.807, 2.05) is 0 Å². The van der Waals surface area contributed by atoms with E-state index in [2.05, 4.69) is 31.2 Å². The number of nitrogens with zero attached hydrogens (tertiary/aromatic N) is 3. The molecule has 0 aromatic carbocycles. The Bertz CT molecular complexity index is 1330. The van der Waals surface area contributed by atoms with Gasteiger partial charge in [-0.05, 0) is 55.8 Å². The van der Waals surface area contributed by atoms with Gasteiger partial charge in [-0.25, -0.2) is 13.8 Å². The number of rotatable bonds is 15. The summed E-state index contributed by atoms with van der Waals surface area (Å²) in [4.78, 5) is 89.1. The van der Waals surface area contributed by atoms with Crippen molar-refractivity contribution in [2.45, 2.75) is 109 Å². The number of carbonyl (C=O) groups is 6. The van der Waals surface area contributed by atoms with Crippen molar-refractivity contribution in [3.05, 3.63) is 24.3 Å². The molecule has 4 rings (SSSR count). The van der Waals surface area contributed by atoms with Crippen molar-refractivity contribution in [1.29, 1.82) is 0 Å². The minimum atomic E-state index is -2.74. The number of hydrogen-bond donors (Lipinski definition) is 4. The van der Waals surface area contributed by atoms with Crippen LogP contribution in [-0.2, 0) is 24.0 Å². The molecule has 258 valence electrons. The maximum Gasteiger partial charge on any atom is 0.289 e. The van der Waals surface area contributed by atoms with E-state index in [1.54, 1.807) is 27.7 Å². The fourth-order valence-electron chi connectivity index (χ4n) is 6.43. The predicted molar refractivity (Wildman–Crippen MR) is 165 cm³/mol. The van der Waals surface area contributed by atoms with E-state index in [1.165, 1.54) is 23.5 Å². The molecule has 5 amide bonds. The minimum absolute atomic E-state index is 0.00118. The first-order valence-electron chi connectivity index (χ1n) is 16.4. The highest BCUT2D eigenvalue weighted by Crippen LogP contribution is 2.42. The van der Waals surface area contributed by atoms with E-state index < -0.39 is 84.7 Å². The molecular formula is C32H45F2N7O6. The summed E-state index contributed by atoms with van der Waals surface area (Å²) in [5, 5.41) is 10.5. The molecule has 2 unspecified atom stereocenters. The van der Waals surface area contributed by atoms with Crippen LogP contribution < -0.4 is 21.3 Å². The Labute approximate surface area is 272 Å². The molecule has 0 bridgehead atoms. The van der Waals surface area contributed by atoms with Crippen LogP contribution in [0.3, 0.4) is 0 Å². The number of aromatic nitrogens is 2. The van der Waals surface area contributed by atoms with Gasteiger partial charge in [0.2, 0.25) is 29.9 Å². The van der Waals surface area contributed by atoms with Crippen molar-refractivity contribution in [3.63, 3.8) is 0 Å². The smallest absolute Gasteiger partial charge is 0.289 e. The fraction of sp³-hybridized carbons (Fsp3) is 0.688. The van der Waals surface area contributed by atoms with Crippen LogP contribution in [0.2, 0.25) is 0 Å². The van der Waals surface area contributed by atoms with Crippen molar-refractivity contribution >= 4 is 35.3 Å². The highest BCUT2D eigenvalue weighted by atomic mass is 19.3. The molecule has 1 aromatic rings. The summed E-state index contributed by atoms with van der Waals surface area (Å²) in [6.45, 7) is 7.22. The van der Waals surface area contributed by atoms with E-state index >= 15 is 0 Å². The van der Waals surface area contributed by atoms with Crippen LogP contribution in [0.5, 0.6) is 0 Å². The van der Waals surface area contributed by atoms with Crippen molar-refractivity contribution in [2.24, 2.45) is 23.7 Å². The van der Waals surface area contributed by atoms with Gasteiger partial charge < -0.3 is 26.2 Å². The maximum atomic E-state index is 14.2. The third kappa shape index (κ3) is 9.07. The van der Waals surface area contributed by atoms with Crippen LogP contribution in [0, 0.1) is 23.7 Å². The molecule has 1 aliphatic heterocycles. The molecule has 6 atom stereocenters. The van der Waals surface area contributed by atoms with E-state index in [-0.39, 0.29) is 36.0 Å². The first-order valence-corrected chi connectivity index (χ1v) is 16.4. The molecule has 13 nitrogen and oxygen atoms in total. The molecule has 1 saturated heterocycles. The molecule has 15 heteroatoms. The van der Waals surface area contributed by atoms with Crippen LogP contribution in [0.4, 0.5) is 8.78 Å². The molecule has 2 aliphatic carbocycles. The lowest BCUT2D eigenvalue weighted by molar-refractivity contribution is -0.145. The zero-order chi connectivity index (χ0) is 34.4. The molecule has 3 fully saturated rings. The number of fused-ring (bicyclic) bond motifs is 1. The molecule has 2 saturated carbocycles. The molecule has 0 radical (unpaired) electrons. The second-order valence-corrected chi connectivity index (χ2v) is 13.4. The maximum absolute atomic E-state index is 14.2. The lowest BCUT2D eigenvalue weighted by Gasteiger charge is -2.34. The Morgan fingerprint density at radius 3 is 2.19 bits per heavy atom. The average Bonchev–Trinajstić information content (AvgIpc) is 3.59. The summed E-state index contributed by atoms with van der Waals surface area (Å²) in [7, 11) is 0. The number of nitrogens with one attached hydrogen (secondary N) is 4. The third-order valence-electron chi connectivity index (χ3n) is 9.15. The van der Waals surface area contributed by atoms with Crippen molar-refractivity contribution < 1.29 is 37.5 Å². The Morgan fingerprint density at radius 1 is 0.894 bits per heavy atom. The summed E-state index contributed by atoms with van der Waals surface area (Å²) in [6, 6.07) is -4.71. The monoisotopic (exact) mass is 661 g/mol. The molecule has 2 heterocycles. The summed E-state index contributed by atoms with van der Waals surface area (Å²) in [5.41, 5.74) is 0.0234. The number of amides is 5. The number of carbonyl (C=O) groups excluding carboxylic acids is 6. The first kappa shape index (κ1) is 35.8. The van der Waals surface area contributed by atoms with Crippen LogP contribution in [0.15, 0.2) is 18.6 Å². The van der Waals surface area contributed by atoms with E-state index in [0.29, 0.717) is 6.42 Å². The topological polar surface area (TPSA) is 180 Å². The lowest BCUT2D eigenvalue weighted by atomic mass is 9.92.